The van der Waals surface area contributed by atoms with Gasteiger partial charge in [0, 0.05) is 43.5 Å². The molecule has 1 saturated heterocycles. The van der Waals surface area contributed by atoms with Crippen LogP contribution in [-0.2, 0) is 9.59 Å². The largest absolute Gasteiger partial charge is 0.489 e. The minimum atomic E-state index is -0.390. The Bertz CT molecular complexity index is 783. The second-order valence-electron chi connectivity index (χ2n) is 8.38. The van der Waals surface area contributed by atoms with Gasteiger partial charge in [-0.25, -0.2) is 0 Å². The summed E-state index contributed by atoms with van der Waals surface area (Å²) in [6.07, 6.45) is 6.25. The van der Waals surface area contributed by atoms with Crippen molar-refractivity contribution in [2.45, 2.75) is 70.9 Å². The molecule has 1 atom stereocenters. The Hall–Kier alpha value is -2.08. The van der Waals surface area contributed by atoms with E-state index in [9.17, 15) is 14.4 Å². The Labute approximate surface area is 183 Å². The molecule has 0 spiro atoms. The fourth-order valence-electron chi connectivity index (χ4n) is 3.98. The number of hydrogen-bond donors (Lipinski definition) is 1. The Morgan fingerprint density at radius 2 is 1.83 bits per heavy atom. The minimum Gasteiger partial charge on any atom is -0.489 e. The van der Waals surface area contributed by atoms with Crippen LogP contribution >= 0.6 is 11.6 Å². The highest BCUT2D eigenvalue weighted by molar-refractivity contribution is 6.36. The van der Waals surface area contributed by atoms with Crippen molar-refractivity contribution in [3.8, 4) is 5.75 Å². The van der Waals surface area contributed by atoms with Crippen molar-refractivity contribution in [3.63, 3.8) is 0 Å². The molecule has 6 nitrogen and oxygen atoms in total. The number of hydrogen-bond acceptors (Lipinski definition) is 4. The van der Waals surface area contributed by atoms with Gasteiger partial charge in [0.2, 0.25) is 5.78 Å². The van der Waals surface area contributed by atoms with E-state index in [1.165, 1.54) is 0 Å². The monoisotopic (exact) mass is 434 g/mol. The second kappa shape index (κ2) is 10.3. The quantitative estimate of drug-likeness (QED) is 0.658. The first-order valence-electron chi connectivity index (χ1n) is 11.0. The summed E-state index contributed by atoms with van der Waals surface area (Å²) >= 11 is 6.37. The SMILES string of the molecule is CCC(C)C(=O)C(=O)N1CCC(Oc2ccc(C(=O)NC3CCCC3)cc2Cl)CC1. The van der Waals surface area contributed by atoms with Crippen LogP contribution < -0.4 is 10.1 Å². The lowest BCUT2D eigenvalue weighted by Gasteiger charge is -2.32. The molecule has 0 radical (unpaired) electrons. The van der Waals surface area contributed by atoms with E-state index in [0.717, 1.165) is 25.7 Å². The molecule has 1 aliphatic heterocycles. The number of nitrogens with one attached hydrogen (secondary N) is 1. The number of carbonyl (C=O) groups excluding carboxylic acids is 3. The molecule has 1 unspecified atom stereocenters. The lowest BCUT2D eigenvalue weighted by molar-refractivity contribution is -0.147. The Morgan fingerprint density at radius 1 is 1.17 bits per heavy atom. The number of nitrogens with zero attached hydrogens (tertiary/aromatic N) is 1. The number of ether oxygens (including phenoxy) is 1. The maximum atomic E-state index is 12.4. The van der Waals surface area contributed by atoms with Crippen LogP contribution in [0.3, 0.4) is 0 Å². The summed E-state index contributed by atoms with van der Waals surface area (Å²) < 4.78 is 6.02. The zero-order valence-electron chi connectivity index (χ0n) is 17.8. The van der Waals surface area contributed by atoms with Crippen LogP contribution in [0.15, 0.2) is 18.2 Å². The smallest absolute Gasteiger partial charge is 0.290 e. The van der Waals surface area contributed by atoms with E-state index < -0.39 is 5.91 Å². The Morgan fingerprint density at radius 3 is 2.43 bits per heavy atom. The van der Waals surface area contributed by atoms with Crippen LogP contribution in [0, 0.1) is 5.92 Å². The molecule has 1 heterocycles. The standard InChI is InChI=1S/C23H31ClN2O4/c1-3-15(2)21(27)23(29)26-12-10-18(11-13-26)30-20-9-8-16(14-19(20)24)22(28)25-17-6-4-5-7-17/h8-9,14-15,17-18H,3-7,10-13H2,1-2H3,(H,25,28). The van der Waals surface area contributed by atoms with Gasteiger partial charge in [-0.15, -0.1) is 0 Å². The number of ketones is 1. The van der Waals surface area contributed by atoms with E-state index in [0.29, 0.717) is 48.7 Å². The van der Waals surface area contributed by atoms with Crippen molar-refractivity contribution in [2.24, 2.45) is 5.92 Å². The maximum absolute atomic E-state index is 12.4. The summed E-state index contributed by atoms with van der Waals surface area (Å²) in [5, 5.41) is 3.46. The lowest BCUT2D eigenvalue weighted by Crippen LogP contribution is -2.45. The van der Waals surface area contributed by atoms with E-state index in [2.05, 4.69) is 5.32 Å². The minimum absolute atomic E-state index is 0.0802. The molecule has 1 saturated carbocycles. The molecule has 0 bridgehead atoms. The van der Waals surface area contributed by atoms with Gasteiger partial charge in [0.25, 0.3) is 11.8 Å². The predicted molar refractivity (Wildman–Crippen MR) is 116 cm³/mol. The first-order valence-corrected chi connectivity index (χ1v) is 11.4. The Balaban J connectivity index is 1.51. The Kier molecular flexibility index (Phi) is 7.75. The molecule has 2 aliphatic rings. The topological polar surface area (TPSA) is 75.7 Å². The molecule has 1 aromatic carbocycles. The highest BCUT2D eigenvalue weighted by atomic mass is 35.5. The molecule has 2 fully saturated rings. The fourth-order valence-corrected chi connectivity index (χ4v) is 4.21. The maximum Gasteiger partial charge on any atom is 0.290 e. The van der Waals surface area contributed by atoms with Crippen molar-refractivity contribution >= 4 is 29.2 Å². The second-order valence-corrected chi connectivity index (χ2v) is 8.79. The molecule has 1 N–H and O–H groups in total. The van der Waals surface area contributed by atoms with Crippen molar-refractivity contribution in [3.05, 3.63) is 28.8 Å². The van der Waals surface area contributed by atoms with E-state index in [1.807, 2.05) is 6.92 Å². The third-order valence-electron chi connectivity index (χ3n) is 6.18. The molecule has 0 aromatic heterocycles. The number of Topliss-reactive ketones (excluding diaryl/α,β-unsaturated/α-hetero) is 1. The number of carbonyl (C=O) groups is 3. The number of likely N-dealkylation sites (tertiary alicyclic amines) is 1. The molecule has 30 heavy (non-hydrogen) atoms. The van der Waals surface area contributed by atoms with Crippen LogP contribution in [-0.4, -0.2) is 47.7 Å². The summed E-state index contributed by atoms with van der Waals surface area (Å²) in [6.45, 7) is 4.68. The molecular weight excluding hydrogens is 404 g/mol. The van der Waals surface area contributed by atoms with E-state index in [1.54, 1.807) is 30.0 Å². The van der Waals surface area contributed by atoms with Gasteiger partial charge >= 0.3 is 0 Å². The van der Waals surface area contributed by atoms with Crippen LogP contribution in [0.4, 0.5) is 0 Å². The van der Waals surface area contributed by atoms with Crippen LogP contribution in [0.1, 0.15) is 69.2 Å². The van der Waals surface area contributed by atoms with Crippen molar-refractivity contribution in [2.75, 3.05) is 13.1 Å². The predicted octanol–water partition coefficient (Wildman–Crippen LogP) is 4.00. The molecule has 7 heteroatoms. The highest BCUT2D eigenvalue weighted by Crippen LogP contribution is 2.29. The van der Waals surface area contributed by atoms with Gasteiger partial charge in [-0.2, -0.15) is 0 Å². The highest BCUT2D eigenvalue weighted by Gasteiger charge is 2.30. The molecule has 164 valence electrons. The summed E-state index contributed by atoms with van der Waals surface area (Å²) in [5.74, 6) is -0.512. The molecule has 2 amide bonds. The lowest BCUT2D eigenvalue weighted by atomic mass is 10.0. The zero-order valence-corrected chi connectivity index (χ0v) is 18.5. The first kappa shape index (κ1) is 22.6. The number of amides is 2. The summed E-state index contributed by atoms with van der Waals surface area (Å²) in [5.41, 5.74) is 0.531. The van der Waals surface area contributed by atoms with Gasteiger partial charge in [0.15, 0.2) is 0 Å². The van der Waals surface area contributed by atoms with Gasteiger partial charge in [-0.1, -0.05) is 38.3 Å². The molecule has 1 aliphatic carbocycles. The normalized spacial score (nSPS) is 18.8. The summed E-state index contributed by atoms with van der Waals surface area (Å²) in [7, 11) is 0. The van der Waals surface area contributed by atoms with Gasteiger partial charge in [0.1, 0.15) is 11.9 Å². The van der Waals surface area contributed by atoms with E-state index in [4.69, 9.17) is 16.3 Å². The van der Waals surface area contributed by atoms with Crippen LogP contribution in [0.5, 0.6) is 5.75 Å². The third kappa shape index (κ3) is 5.54. The average molecular weight is 435 g/mol. The van der Waals surface area contributed by atoms with Crippen molar-refractivity contribution in [1.29, 1.82) is 0 Å². The van der Waals surface area contributed by atoms with E-state index >= 15 is 0 Å². The van der Waals surface area contributed by atoms with Gasteiger partial charge in [-0.3, -0.25) is 14.4 Å². The first-order chi connectivity index (χ1) is 14.4. The van der Waals surface area contributed by atoms with Crippen LogP contribution in [0.25, 0.3) is 0 Å². The van der Waals surface area contributed by atoms with Crippen molar-refractivity contribution < 1.29 is 19.1 Å². The van der Waals surface area contributed by atoms with Gasteiger partial charge in [0.05, 0.1) is 5.02 Å². The molecular formula is C23H31ClN2O4. The van der Waals surface area contributed by atoms with Crippen molar-refractivity contribution in [1.82, 2.24) is 10.2 Å². The summed E-state index contributed by atoms with van der Waals surface area (Å²) in [6, 6.07) is 5.36. The van der Waals surface area contributed by atoms with E-state index in [-0.39, 0.29) is 29.8 Å². The average Bonchev–Trinajstić information content (AvgIpc) is 3.27. The number of piperidine rings is 1. The molecule has 3 rings (SSSR count). The number of rotatable bonds is 7. The van der Waals surface area contributed by atoms with Gasteiger partial charge in [-0.05, 0) is 37.5 Å². The molecule has 1 aromatic rings. The fraction of sp³-hybridized carbons (Fsp3) is 0.609. The summed E-state index contributed by atoms with van der Waals surface area (Å²) in [4.78, 5) is 38.5. The number of halogens is 1. The third-order valence-corrected chi connectivity index (χ3v) is 6.47. The zero-order chi connectivity index (χ0) is 21.7. The van der Waals surface area contributed by atoms with Gasteiger partial charge < -0.3 is 15.0 Å². The number of benzene rings is 1. The van der Waals surface area contributed by atoms with Crippen LogP contribution in [0.2, 0.25) is 5.02 Å².